The van der Waals surface area contributed by atoms with E-state index in [1.54, 1.807) is 11.3 Å². The zero-order valence-corrected chi connectivity index (χ0v) is 9.10. The van der Waals surface area contributed by atoms with Gasteiger partial charge >= 0.3 is 0 Å². The van der Waals surface area contributed by atoms with Crippen molar-refractivity contribution in [1.82, 2.24) is 0 Å². The van der Waals surface area contributed by atoms with Crippen LogP contribution in [0.4, 0.5) is 0 Å². The van der Waals surface area contributed by atoms with Crippen LogP contribution in [-0.2, 0) is 4.74 Å². The largest absolute Gasteiger partial charge is 0.386 e. The third kappa shape index (κ3) is 3.10. The van der Waals surface area contributed by atoms with Gasteiger partial charge in [0.2, 0.25) is 0 Å². The van der Waals surface area contributed by atoms with Crippen molar-refractivity contribution >= 4 is 11.3 Å². The summed E-state index contributed by atoms with van der Waals surface area (Å²) >= 11 is 1.61. The summed E-state index contributed by atoms with van der Waals surface area (Å²) in [7, 11) is 0. The van der Waals surface area contributed by atoms with Gasteiger partial charge in [0.1, 0.15) is 6.10 Å². The van der Waals surface area contributed by atoms with Crippen molar-refractivity contribution in [3.63, 3.8) is 0 Å². The summed E-state index contributed by atoms with van der Waals surface area (Å²) in [6.45, 7) is 6.32. The number of thiophene rings is 1. The fourth-order valence-corrected chi connectivity index (χ4v) is 1.98. The molecule has 0 saturated heterocycles. The van der Waals surface area contributed by atoms with Gasteiger partial charge in [-0.1, -0.05) is 0 Å². The second kappa shape index (κ2) is 4.74. The smallest absolute Gasteiger partial charge is 0.103 e. The Morgan fingerprint density at radius 2 is 2.15 bits per heavy atom. The average molecular weight is 200 g/mol. The molecule has 1 rings (SSSR count). The Balaban J connectivity index is 2.49. The average Bonchev–Trinajstić information content (AvgIpc) is 2.47. The Hall–Kier alpha value is -0.380. The molecular formula is C10H16O2S. The first kappa shape index (κ1) is 10.7. The molecule has 0 aromatic carbocycles. The lowest BCUT2D eigenvalue weighted by atomic mass is 10.1. The van der Waals surface area contributed by atoms with E-state index >= 15 is 0 Å². The Bertz CT molecular complexity index is 255. The van der Waals surface area contributed by atoms with Crippen LogP contribution in [-0.4, -0.2) is 17.8 Å². The van der Waals surface area contributed by atoms with Crippen LogP contribution >= 0.6 is 11.3 Å². The van der Waals surface area contributed by atoms with Gasteiger partial charge in [0.05, 0.1) is 12.7 Å². The van der Waals surface area contributed by atoms with Crippen LogP contribution in [0.15, 0.2) is 10.8 Å². The van der Waals surface area contributed by atoms with Gasteiger partial charge < -0.3 is 9.84 Å². The summed E-state index contributed by atoms with van der Waals surface area (Å²) in [6.07, 6.45) is -0.303. The molecule has 0 saturated carbocycles. The SMILES string of the molecule is Cc1cscc1C(O)COC(C)C. The van der Waals surface area contributed by atoms with Gasteiger partial charge in [0, 0.05) is 0 Å². The lowest BCUT2D eigenvalue weighted by Crippen LogP contribution is -2.11. The molecule has 1 N–H and O–H groups in total. The third-order valence-electron chi connectivity index (χ3n) is 1.84. The van der Waals surface area contributed by atoms with Crippen LogP contribution in [0.2, 0.25) is 0 Å². The summed E-state index contributed by atoms with van der Waals surface area (Å²) in [5, 5.41) is 13.7. The Kier molecular flexibility index (Phi) is 3.90. The highest BCUT2D eigenvalue weighted by atomic mass is 32.1. The number of aryl methyl sites for hydroxylation is 1. The van der Waals surface area contributed by atoms with Crippen molar-refractivity contribution in [2.24, 2.45) is 0 Å². The highest BCUT2D eigenvalue weighted by molar-refractivity contribution is 7.08. The molecule has 1 heterocycles. The second-order valence-corrected chi connectivity index (χ2v) is 4.15. The molecule has 0 aliphatic heterocycles. The molecule has 2 nitrogen and oxygen atoms in total. The van der Waals surface area contributed by atoms with Crippen molar-refractivity contribution < 1.29 is 9.84 Å². The van der Waals surface area contributed by atoms with Crippen LogP contribution in [0.25, 0.3) is 0 Å². The van der Waals surface area contributed by atoms with Crippen LogP contribution in [0.3, 0.4) is 0 Å². The van der Waals surface area contributed by atoms with Gasteiger partial charge in [-0.2, -0.15) is 11.3 Å². The highest BCUT2D eigenvalue weighted by Gasteiger charge is 2.11. The molecule has 3 heteroatoms. The number of aliphatic hydroxyl groups is 1. The minimum atomic E-state index is -0.478. The van der Waals surface area contributed by atoms with Gasteiger partial charge in [0.15, 0.2) is 0 Å². The van der Waals surface area contributed by atoms with Crippen molar-refractivity contribution in [2.75, 3.05) is 6.61 Å². The molecule has 1 aromatic heterocycles. The zero-order valence-electron chi connectivity index (χ0n) is 8.28. The number of ether oxygens (including phenoxy) is 1. The quantitative estimate of drug-likeness (QED) is 0.809. The molecule has 0 amide bonds. The molecule has 0 aliphatic rings. The van der Waals surface area contributed by atoms with Crippen molar-refractivity contribution in [3.05, 3.63) is 21.9 Å². The van der Waals surface area contributed by atoms with Crippen LogP contribution in [0.1, 0.15) is 31.1 Å². The molecule has 13 heavy (non-hydrogen) atoms. The first-order valence-corrected chi connectivity index (χ1v) is 5.38. The number of aliphatic hydroxyl groups excluding tert-OH is 1. The summed E-state index contributed by atoms with van der Waals surface area (Å²) in [5.74, 6) is 0. The Morgan fingerprint density at radius 1 is 1.46 bits per heavy atom. The molecule has 0 bridgehead atoms. The molecule has 0 aliphatic carbocycles. The van der Waals surface area contributed by atoms with E-state index in [4.69, 9.17) is 4.74 Å². The lowest BCUT2D eigenvalue weighted by molar-refractivity contribution is 0.00486. The lowest BCUT2D eigenvalue weighted by Gasteiger charge is -2.13. The van der Waals surface area contributed by atoms with E-state index in [-0.39, 0.29) is 6.10 Å². The molecular weight excluding hydrogens is 184 g/mol. The van der Waals surface area contributed by atoms with E-state index in [9.17, 15) is 5.11 Å². The standard InChI is InChI=1S/C10H16O2S/c1-7(2)12-4-10(11)9-6-13-5-8(9)3/h5-7,10-11H,4H2,1-3H3. The van der Waals surface area contributed by atoms with E-state index in [2.05, 4.69) is 0 Å². The predicted molar refractivity (Wildman–Crippen MR) is 55.1 cm³/mol. The summed E-state index contributed by atoms with van der Waals surface area (Å²) in [6, 6.07) is 0. The Morgan fingerprint density at radius 3 is 2.62 bits per heavy atom. The molecule has 1 unspecified atom stereocenters. The van der Waals surface area contributed by atoms with E-state index < -0.39 is 6.10 Å². The summed E-state index contributed by atoms with van der Waals surface area (Å²) in [4.78, 5) is 0. The summed E-state index contributed by atoms with van der Waals surface area (Å²) < 4.78 is 5.34. The minimum absolute atomic E-state index is 0.175. The molecule has 0 radical (unpaired) electrons. The van der Waals surface area contributed by atoms with Gasteiger partial charge in [-0.25, -0.2) is 0 Å². The van der Waals surface area contributed by atoms with E-state index in [0.717, 1.165) is 11.1 Å². The zero-order chi connectivity index (χ0) is 9.84. The fourth-order valence-electron chi connectivity index (χ4n) is 1.09. The molecule has 1 aromatic rings. The number of hydrogen-bond acceptors (Lipinski definition) is 3. The van der Waals surface area contributed by atoms with E-state index in [1.165, 1.54) is 0 Å². The van der Waals surface area contributed by atoms with Gasteiger partial charge in [-0.15, -0.1) is 0 Å². The molecule has 1 atom stereocenters. The van der Waals surface area contributed by atoms with Crippen LogP contribution < -0.4 is 0 Å². The second-order valence-electron chi connectivity index (χ2n) is 3.41. The highest BCUT2D eigenvalue weighted by Crippen LogP contribution is 2.21. The number of rotatable bonds is 4. The normalized spacial score (nSPS) is 13.6. The first-order valence-electron chi connectivity index (χ1n) is 4.43. The van der Waals surface area contributed by atoms with Crippen molar-refractivity contribution in [1.29, 1.82) is 0 Å². The Labute approximate surface area is 83.2 Å². The molecule has 0 fully saturated rings. The maximum absolute atomic E-state index is 9.72. The maximum Gasteiger partial charge on any atom is 0.103 e. The third-order valence-corrected chi connectivity index (χ3v) is 2.72. The monoisotopic (exact) mass is 200 g/mol. The molecule has 74 valence electrons. The van der Waals surface area contributed by atoms with Crippen LogP contribution in [0, 0.1) is 6.92 Å². The van der Waals surface area contributed by atoms with Gasteiger partial charge in [-0.05, 0) is 42.7 Å². The van der Waals surface area contributed by atoms with Crippen LogP contribution in [0.5, 0.6) is 0 Å². The van der Waals surface area contributed by atoms with Crippen molar-refractivity contribution in [3.8, 4) is 0 Å². The minimum Gasteiger partial charge on any atom is -0.386 e. The summed E-state index contributed by atoms with van der Waals surface area (Å²) in [5.41, 5.74) is 2.13. The van der Waals surface area contributed by atoms with E-state index in [1.807, 2.05) is 31.5 Å². The first-order chi connectivity index (χ1) is 6.11. The van der Waals surface area contributed by atoms with Crippen molar-refractivity contribution in [2.45, 2.75) is 33.0 Å². The fraction of sp³-hybridized carbons (Fsp3) is 0.600. The topological polar surface area (TPSA) is 29.5 Å². The predicted octanol–water partition coefficient (Wildman–Crippen LogP) is 2.51. The van der Waals surface area contributed by atoms with Gasteiger partial charge in [-0.3, -0.25) is 0 Å². The number of hydrogen-bond donors (Lipinski definition) is 1. The maximum atomic E-state index is 9.72. The van der Waals surface area contributed by atoms with Gasteiger partial charge in [0.25, 0.3) is 0 Å². The molecule has 0 spiro atoms. The van der Waals surface area contributed by atoms with E-state index in [0.29, 0.717) is 6.61 Å².